The summed E-state index contributed by atoms with van der Waals surface area (Å²) in [4.78, 5) is 13.0. The van der Waals surface area contributed by atoms with Gasteiger partial charge in [0.15, 0.2) is 14.1 Å². The first kappa shape index (κ1) is 26.6. The fourth-order valence-electron chi connectivity index (χ4n) is 4.43. The van der Waals surface area contributed by atoms with Crippen molar-refractivity contribution in [2.75, 3.05) is 0 Å². The van der Waals surface area contributed by atoms with Gasteiger partial charge in [-0.3, -0.25) is 0 Å². The van der Waals surface area contributed by atoms with Gasteiger partial charge in [-0.1, -0.05) is 87.5 Å². The van der Waals surface area contributed by atoms with Crippen molar-refractivity contribution >= 4 is 20.0 Å². The van der Waals surface area contributed by atoms with Gasteiger partial charge in [0.25, 0.3) is 0 Å². The fraction of sp³-hybridized carbons (Fsp3) is 0.483. The Balaban J connectivity index is 1.67. The third-order valence-electron chi connectivity index (χ3n) is 7.31. The molecule has 0 radical (unpaired) electrons. The lowest BCUT2D eigenvalue weighted by molar-refractivity contribution is -0.152. The van der Waals surface area contributed by atoms with Crippen LogP contribution in [0.2, 0.25) is 18.1 Å². The van der Waals surface area contributed by atoms with Crippen LogP contribution in [0.3, 0.4) is 0 Å². The molecule has 0 aromatic heterocycles. The number of amides is 1. The monoisotopic (exact) mass is 509 g/mol. The summed E-state index contributed by atoms with van der Waals surface area (Å²) in [5.74, 6) is -0.777. The van der Waals surface area contributed by atoms with E-state index in [2.05, 4.69) is 57.4 Å². The van der Waals surface area contributed by atoms with E-state index >= 15 is 0 Å². The van der Waals surface area contributed by atoms with E-state index in [0.717, 1.165) is 16.7 Å². The Morgan fingerprint density at radius 1 is 1.00 bits per heavy atom. The molecule has 1 saturated heterocycles. The molecule has 4 rings (SSSR count). The van der Waals surface area contributed by atoms with E-state index in [1.165, 1.54) is 0 Å². The van der Waals surface area contributed by atoms with Crippen LogP contribution in [0.25, 0.3) is 5.57 Å². The van der Waals surface area contributed by atoms with Crippen molar-refractivity contribution in [3.05, 3.63) is 77.9 Å². The highest BCUT2D eigenvalue weighted by molar-refractivity contribution is 6.74. The molecule has 0 saturated carbocycles. The van der Waals surface area contributed by atoms with Crippen LogP contribution in [0.5, 0.6) is 0 Å². The molecule has 1 aliphatic carbocycles. The van der Waals surface area contributed by atoms with Gasteiger partial charge in [-0.2, -0.15) is 0 Å². The van der Waals surface area contributed by atoms with Gasteiger partial charge >= 0.3 is 6.09 Å². The molecule has 0 unspecified atom stereocenters. The van der Waals surface area contributed by atoms with Crippen molar-refractivity contribution in [2.45, 2.75) is 89.5 Å². The van der Waals surface area contributed by atoms with Crippen LogP contribution >= 0.6 is 0 Å². The molecule has 1 fully saturated rings. The summed E-state index contributed by atoms with van der Waals surface area (Å²) in [5, 5.41) is 3.06. The smallest absolute Gasteiger partial charge is 0.408 e. The van der Waals surface area contributed by atoms with E-state index in [1.54, 1.807) is 0 Å². The molecule has 194 valence electrons. The molecule has 2 aliphatic rings. The number of ether oxygens (including phenoxy) is 3. The number of nitrogens with one attached hydrogen (secondary N) is 1. The first-order valence-corrected chi connectivity index (χ1v) is 15.5. The molecule has 1 aliphatic heterocycles. The van der Waals surface area contributed by atoms with Gasteiger partial charge in [0.05, 0.1) is 12.1 Å². The molecule has 6 nitrogen and oxygen atoms in total. The topological polar surface area (TPSA) is 66.0 Å². The number of fused-ring (bicyclic) bond motifs is 1. The number of benzene rings is 2. The van der Waals surface area contributed by atoms with Crippen molar-refractivity contribution in [3.8, 4) is 0 Å². The van der Waals surface area contributed by atoms with Crippen molar-refractivity contribution in [1.82, 2.24) is 5.32 Å². The van der Waals surface area contributed by atoms with Gasteiger partial charge in [0.1, 0.15) is 18.8 Å². The summed E-state index contributed by atoms with van der Waals surface area (Å²) in [6.45, 7) is 15.1. The van der Waals surface area contributed by atoms with Crippen LogP contribution in [-0.2, 0) is 25.2 Å². The number of carbonyl (C=O) groups is 1. The molecular formula is C29H39NO5Si. The van der Waals surface area contributed by atoms with Crippen LogP contribution in [0.1, 0.15) is 45.7 Å². The van der Waals surface area contributed by atoms with Crippen molar-refractivity contribution < 1.29 is 23.4 Å². The normalized spacial score (nSPS) is 25.6. The highest BCUT2D eigenvalue weighted by atomic mass is 28.4. The first-order chi connectivity index (χ1) is 16.9. The molecule has 1 heterocycles. The molecule has 1 amide bonds. The molecule has 2 aromatic carbocycles. The van der Waals surface area contributed by atoms with E-state index < -0.39 is 32.3 Å². The predicted octanol–water partition coefficient (Wildman–Crippen LogP) is 6.29. The maximum atomic E-state index is 13.0. The molecule has 36 heavy (non-hydrogen) atoms. The van der Waals surface area contributed by atoms with Crippen molar-refractivity contribution in [3.63, 3.8) is 0 Å². The highest BCUT2D eigenvalue weighted by Gasteiger charge is 2.54. The molecular weight excluding hydrogens is 470 g/mol. The number of carbonyl (C=O) groups excluding carboxylic acids is 1. The lowest BCUT2D eigenvalue weighted by Gasteiger charge is -2.45. The molecule has 4 atom stereocenters. The summed E-state index contributed by atoms with van der Waals surface area (Å²) in [5.41, 5.74) is 2.94. The second-order valence-corrected chi connectivity index (χ2v) is 16.3. The summed E-state index contributed by atoms with van der Waals surface area (Å²) in [7, 11) is -2.22. The second-order valence-electron chi connectivity index (χ2n) is 11.6. The zero-order valence-corrected chi connectivity index (χ0v) is 23.4. The van der Waals surface area contributed by atoms with Gasteiger partial charge in [-0.05, 0) is 48.7 Å². The van der Waals surface area contributed by atoms with E-state index in [-0.39, 0.29) is 23.9 Å². The van der Waals surface area contributed by atoms with Crippen LogP contribution in [0.15, 0.2) is 66.7 Å². The van der Waals surface area contributed by atoms with Crippen LogP contribution in [0, 0.1) is 0 Å². The lowest BCUT2D eigenvalue weighted by Crippen LogP contribution is -2.59. The minimum absolute atomic E-state index is 0.0146. The van der Waals surface area contributed by atoms with Gasteiger partial charge in [0.2, 0.25) is 0 Å². The fourth-order valence-corrected chi connectivity index (χ4v) is 5.75. The van der Waals surface area contributed by atoms with Crippen LogP contribution in [0.4, 0.5) is 4.79 Å². The maximum Gasteiger partial charge on any atom is 0.408 e. The van der Waals surface area contributed by atoms with E-state index in [0.29, 0.717) is 0 Å². The third-order valence-corrected chi connectivity index (χ3v) is 11.8. The standard InChI is InChI=1S/C29H39NO5Si/c1-28(2,3)36(6,7)35-25-23(30-27(31)32-19-20-14-10-8-11-15-20)18-22(21-16-12-9-13-17-21)24-26(25)34-29(4,5)33-24/h8-18,23-26H,19H2,1-7H3,(H,30,31)/t23-,24-,25-,26-/m1/s1. The second kappa shape index (κ2) is 10.1. The Kier molecular flexibility index (Phi) is 7.49. The van der Waals surface area contributed by atoms with Crippen LogP contribution in [-0.4, -0.2) is 44.6 Å². The number of rotatable bonds is 6. The van der Waals surface area contributed by atoms with E-state index in [4.69, 9.17) is 18.6 Å². The minimum Gasteiger partial charge on any atom is -0.445 e. The molecule has 7 heteroatoms. The molecule has 0 spiro atoms. The quantitative estimate of drug-likeness (QED) is 0.464. The zero-order valence-electron chi connectivity index (χ0n) is 22.4. The number of hydrogen-bond acceptors (Lipinski definition) is 5. The van der Waals surface area contributed by atoms with Gasteiger partial charge < -0.3 is 24.0 Å². The number of hydrogen-bond donors (Lipinski definition) is 1. The summed E-state index contributed by atoms with van der Waals surface area (Å²) < 4.78 is 25.4. The summed E-state index contributed by atoms with van der Waals surface area (Å²) in [6, 6.07) is 19.3. The first-order valence-electron chi connectivity index (χ1n) is 12.6. The van der Waals surface area contributed by atoms with Crippen molar-refractivity contribution in [1.29, 1.82) is 0 Å². The number of alkyl carbamates (subject to hydrolysis) is 1. The highest BCUT2D eigenvalue weighted by Crippen LogP contribution is 2.45. The third kappa shape index (κ3) is 5.91. The Morgan fingerprint density at radius 3 is 2.22 bits per heavy atom. The average Bonchev–Trinajstić information content (AvgIpc) is 3.14. The Hall–Kier alpha value is -2.45. The minimum atomic E-state index is -2.22. The Labute approximate surface area is 216 Å². The molecule has 0 bridgehead atoms. The maximum absolute atomic E-state index is 13.0. The Bertz CT molecular complexity index is 1080. The molecule has 1 N–H and O–H groups in total. The summed E-state index contributed by atoms with van der Waals surface area (Å²) in [6.07, 6.45) is 0.453. The van der Waals surface area contributed by atoms with Crippen molar-refractivity contribution in [2.24, 2.45) is 0 Å². The average molecular weight is 510 g/mol. The van der Waals surface area contributed by atoms with Crippen LogP contribution < -0.4 is 5.32 Å². The largest absolute Gasteiger partial charge is 0.445 e. The lowest BCUT2D eigenvalue weighted by atomic mass is 9.84. The van der Waals surface area contributed by atoms with Gasteiger partial charge in [-0.15, -0.1) is 0 Å². The Morgan fingerprint density at radius 2 is 1.61 bits per heavy atom. The molecule has 2 aromatic rings. The van der Waals surface area contributed by atoms with Gasteiger partial charge in [-0.25, -0.2) is 4.79 Å². The summed E-state index contributed by atoms with van der Waals surface area (Å²) >= 11 is 0. The zero-order chi connectivity index (χ0) is 26.1. The van der Waals surface area contributed by atoms with E-state index in [9.17, 15) is 4.79 Å². The predicted molar refractivity (Wildman–Crippen MR) is 144 cm³/mol. The van der Waals surface area contributed by atoms with Gasteiger partial charge in [0, 0.05) is 0 Å². The van der Waals surface area contributed by atoms with E-state index in [1.807, 2.05) is 62.4 Å². The SMILES string of the molecule is CC1(C)O[C@H]2[C@H](O[Si](C)(C)C(C)(C)C)[C@H](NC(=O)OCc3ccccc3)C=C(c3ccccc3)[C@H]2O1.